The predicted molar refractivity (Wildman–Crippen MR) is 76.3 cm³/mol. The summed E-state index contributed by atoms with van der Waals surface area (Å²) in [5.74, 6) is 0.535. The highest BCUT2D eigenvalue weighted by atomic mass is 16.5. The first-order valence-corrected chi connectivity index (χ1v) is 6.25. The smallest absolute Gasteiger partial charge is 0.265 e. The first kappa shape index (κ1) is 13.1. The highest BCUT2D eigenvalue weighted by molar-refractivity contribution is 5.94. The number of carbonyl (C=O) groups is 1. The molecule has 3 heteroatoms. The number of ether oxygens (including phenoxy) is 1. The van der Waals surface area contributed by atoms with E-state index in [-0.39, 0.29) is 5.91 Å². The fourth-order valence-electron chi connectivity index (χ4n) is 1.70. The summed E-state index contributed by atoms with van der Waals surface area (Å²) in [6, 6.07) is 17.0. The van der Waals surface area contributed by atoms with E-state index < -0.39 is 6.10 Å². The summed E-state index contributed by atoms with van der Waals surface area (Å²) >= 11 is 0. The van der Waals surface area contributed by atoms with Crippen LogP contribution < -0.4 is 10.1 Å². The number of nitrogens with one attached hydrogen (secondary N) is 1. The van der Waals surface area contributed by atoms with Crippen molar-refractivity contribution in [2.75, 3.05) is 5.32 Å². The second kappa shape index (κ2) is 6.05. The molecule has 0 aliphatic rings. The fourth-order valence-corrected chi connectivity index (χ4v) is 1.70. The van der Waals surface area contributed by atoms with Crippen LogP contribution in [0.25, 0.3) is 0 Å². The Bertz CT molecular complexity index is 552. The average molecular weight is 255 g/mol. The van der Waals surface area contributed by atoms with Crippen molar-refractivity contribution in [2.24, 2.45) is 0 Å². The van der Waals surface area contributed by atoms with E-state index in [1.165, 1.54) is 0 Å². The summed E-state index contributed by atoms with van der Waals surface area (Å²) in [6.07, 6.45) is -0.540. The molecule has 0 unspecified atom stereocenters. The zero-order chi connectivity index (χ0) is 13.7. The van der Waals surface area contributed by atoms with Crippen LogP contribution >= 0.6 is 0 Å². The van der Waals surface area contributed by atoms with Crippen LogP contribution in [0.5, 0.6) is 5.75 Å². The van der Waals surface area contributed by atoms with E-state index in [1.54, 1.807) is 6.92 Å². The Hall–Kier alpha value is -2.29. The molecule has 2 aromatic carbocycles. The molecule has 0 saturated carbocycles. The lowest BCUT2D eigenvalue weighted by Gasteiger charge is -2.15. The van der Waals surface area contributed by atoms with Gasteiger partial charge < -0.3 is 10.1 Å². The maximum atomic E-state index is 12.0. The van der Waals surface area contributed by atoms with Crippen LogP contribution in [-0.4, -0.2) is 12.0 Å². The van der Waals surface area contributed by atoms with E-state index in [4.69, 9.17) is 4.74 Å². The Kier molecular flexibility index (Phi) is 4.18. The number of benzene rings is 2. The van der Waals surface area contributed by atoms with Gasteiger partial charge in [0.05, 0.1) is 0 Å². The summed E-state index contributed by atoms with van der Waals surface area (Å²) < 4.78 is 5.58. The average Bonchev–Trinajstić information content (AvgIpc) is 2.42. The molecule has 1 atom stereocenters. The molecule has 1 amide bonds. The van der Waals surface area contributed by atoms with Crippen molar-refractivity contribution in [2.45, 2.75) is 20.0 Å². The third kappa shape index (κ3) is 3.58. The van der Waals surface area contributed by atoms with Crippen LogP contribution in [0.4, 0.5) is 5.69 Å². The standard InChI is InChI=1S/C16H17NO2/c1-12-8-6-7-11-15(12)17-16(18)13(2)19-14-9-4-3-5-10-14/h3-11,13H,1-2H3,(H,17,18)/t13-/m0/s1. The number of para-hydroxylation sites is 2. The molecule has 0 heterocycles. The number of aryl methyl sites for hydroxylation is 1. The molecule has 0 aliphatic heterocycles. The highest BCUT2D eigenvalue weighted by Crippen LogP contribution is 2.15. The van der Waals surface area contributed by atoms with Crippen LogP contribution in [0, 0.1) is 6.92 Å². The molecule has 0 aromatic heterocycles. The highest BCUT2D eigenvalue weighted by Gasteiger charge is 2.15. The van der Waals surface area contributed by atoms with Crippen molar-refractivity contribution in [3.8, 4) is 5.75 Å². The van der Waals surface area contributed by atoms with E-state index in [0.29, 0.717) is 5.75 Å². The topological polar surface area (TPSA) is 38.3 Å². The number of carbonyl (C=O) groups excluding carboxylic acids is 1. The van der Waals surface area contributed by atoms with Crippen molar-refractivity contribution >= 4 is 11.6 Å². The van der Waals surface area contributed by atoms with Crippen molar-refractivity contribution in [1.29, 1.82) is 0 Å². The van der Waals surface area contributed by atoms with Crippen molar-refractivity contribution in [3.63, 3.8) is 0 Å². The molecule has 98 valence electrons. The van der Waals surface area contributed by atoms with Gasteiger partial charge in [-0.3, -0.25) is 4.79 Å². The van der Waals surface area contributed by atoms with Gasteiger partial charge in [-0.2, -0.15) is 0 Å². The van der Waals surface area contributed by atoms with Crippen LogP contribution in [-0.2, 0) is 4.79 Å². The first-order valence-electron chi connectivity index (χ1n) is 6.25. The van der Waals surface area contributed by atoms with E-state index in [0.717, 1.165) is 11.3 Å². The van der Waals surface area contributed by atoms with Crippen molar-refractivity contribution in [3.05, 3.63) is 60.2 Å². The Balaban J connectivity index is 1.99. The molecule has 1 N–H and O–H groups in total. The Morgan fingerprint density at radius 1 is 1.05 bits per heavy atom. The molecule has 0 aliphatic carbocycles. The second-order valence-corrected chi connectivity index (χ2v) is 4.38. The van der Waals surface area contributed by atoms with E-state index in [2.05, 4.69) is 5.32 Å². The largest absolute Gasteiger partial charge is 0.481 e. The monoisotopic (exact) mass is 255 g/mol. The van der Waals surface area contributed by atoms with Gasteiger partial charge in [0.1, 0.15) is 5.75 Å². The molecule has 0 bridgehead atoms. The molecular formula is C16H17NO2. The normalized spacial score (nSPS) is 11.7. The fraction of sp³-hybridized carbons (Fsp3) is 0.188. The Morgan fingerprint density at radius 2 is 1.68 bits per heavy atom. The number of rotatable bonds is 4. The number of amides is 1. The molecule has 0 fully saturated rings. The van der Waals surface area contributed by atoms with Gasteiger partial charge in [0, 0.05) is 5.69 Å². The Morgan fingerprint density at radius 3 is 2.37 bits per heavy atom. The molecule has 2 aromatic rings. The molecule has 0 radical (unpaired) electrons. The summed E-state index contributed by atoms with van der Waals surface area (Å²) in [7, 11) is 0. The van der Waals surface area contributed by atoms with Gasteiger partial charge in [0.25, 0.3) is 5.91 Å². The van der Waals surface area contributed by atoms with Gasteiger partial charge in [0.15, 0.2) is 6.10 Å². The van der Waals surface area contributed by atoms with Crippen LogP contribution in [0.3, 0.4) is 0 Å². The van der Waals surface area contributed by atoms with Crippen LogP contribution in [0.2, 0.25) is 0 Å². The lowest BCUT2D eigenvalue weighted by atomic mass is 10.2. The summed E-state index contributed by atoms with van der Waals surface area (Å²) in [5, 5.41) is 2.87. The van der Waals surface area contributed by atoms with Gasteiger partial charge in [-0.1, -0.05) is 36.4 Å². The Labute approximate surface area is 113 Å². The minimum atomic E-state index is -0.540. The predicted octanol–water partition coefficient (Wildman–Crippen LogP) is 3.40. The minimum absolute atomic E-state index is 0.154. The lowest BCUT2D eigenvalue weighted by Crippen LogP contribution is -2.30. The van der Waals surface area contributed by atoms with Gasteiger partial charge >= 0.3 is 0 Å². The molecular weight excluding hydrogens is 238 g/mol. The van der Waals surface area contributed by atoms with Crippen molar-refractivity contribution < 1.29 is 9.53 Å². The number of hydrogen-bond donors (Lipinski definition) is 1. The number of hydrogen-bond acceptors (Lipinski definition) is 2. The molecule has 3 nitrogen and oxygen atoms in total. The lowest BCUT2D eigenvalue weighted by molar-refractivity contribution is -0.122. The van der Waals surface area contributed by atoms with E-state index in [9.17, 15) is 4.79 Å². The number of anilines is 1. The van der Waals surface area contributed by atoms with Gasteiger partial charge in [-0.15, -0.1) is 0 Å². The van der Waals surface area contributed by atoms with Gasteiger partial charge in [-0.25, -0.2) is 0 Å². The minimum Gasteiger partial charge on any atom is -0.481 e. The van der Waals surface area contributed by atoms with E-state index >= 15 is 0 Å². The molecule has 2 rings (SSSR count). The summed E-state index contributed by atoms with van der Waals surface area (Å²) in [4.78, 5) is 12.0. The van der Waals surface area contributed by atoms with Gasteiger partial charge in [-0.05, 0) is 37.6 Å². The van der Waals surface area contributed by atoms with E-state index in [1.807, 2.05) is 61.5 Å². The quantitative estimate of drug-likeness (QED) is 0.909. The third-order valence-electron chi connectivity index (χ3n) is 2.83. The second-order valence-electron chi connectivity index (χ2n) is 4.38. The third-order valence-corrected chi connectivity index (χ3v) is 2.83. The molecule has 0 saturated heterocycles. The summed E-state index contributed by atoms with van der Waals surface area (Å²) in [5.41, 5.74) is 1.85. The zero-order valence-corrected chi connectivity index (χ0v) is 11.1. The van der Waals surface area contributed by atoms with Crippen LogP contribution in [0.15, 0.2) is 54.6 Å². The molecule has 0 spiro atoms. The first-order chi connectivity index (χ1) is 9.16. The van der Waals surface area contributed by atoms with Crippen molar-refractivity contribution in [1.82, 2.24) is 0 Å². The zero-order valence-electron chi connectivity index (χ0n) is 11.1. The van der Waals surface area contributed by atoms with Gasteiger partial charge in [0.2, 0.25) is 0 Å². The summed E-state index contributed by atoms with van der Waals surface area (Å²) in [6.45, 7) is 3.69. The SMILES string of the molecule is Cc1ccccc1NC(=O)[C@H](C)Oc1ccccc1. The maximum absolute atomic E-state index is 12.0. The molecule has 19 heavy (non-hydrogen) atoms. The van der Waals surface area contributed by atoms with Crippen LogP contribution in [0.1, 0.15) is 12.5 Å². The maximum Gasteiger partial charge on any atom is 0.265 e.